The van der Waals surface area contributed by atoms with Gasteiger partial charge < -0.3 is 14.5 Å². The number of aromatic nitrogens is 3. The molecule has 128 valence electrons. The van der Waals surface area contributed by atoms with Crippen molar-refractivity contribution in [2.75, 3.05) is 38.7 Å². The first-order valence-corrected chi connectivity index (χ1v) is 8.16. The molecule has 7 nitrogen and oxygen atoms in total. The molecular weight excluding hydrogens is 306 g/mol. The van der Waals surface area contributed by atoms with E-state index >= 15 is 0 Å². The number of aryl methyl sites for hydroxylation is 1. The molecule has 0 spiro atoms. The average molecular weight is 329 g/mol. The Bertz CT molecular complexity index is 671. The highest BCUT2D eigenvalue weighted by atomic mass is 16.5. The van der Waals surface area contributed by atoms with E-state index < -0.39 is 0 Å². The van der Waals surface area contributed by atoms with E-state index in [1.807, 2.05) is 36.2 Å². The van der Waals surface area contributed by atoms with E-state index in [9.17, 15) is 4.79 Å². The molecule has 1 saturated heterocycles. The fraction of sp³-hybridized carbons (Fsp3) is 0.471. The molecule has 1 atom stereocenters. The van der Waals surface area contributed by atoms with Crippen LogP contribution in [-0.2, 0) is 11.2 Å². The molecule has 0 radical (unpaired) electrons. The maximum absolute atomic E-state index is 12.4. The number of aromatic amines is 1. The van der Waals surface area contributed by atoms with Crippen molar-refractivity contribution in [2.24, 2.45) is 0 Å². The minimum absolute atomic E-state index is 0.0143. The van der Waals surface area contributed by atoms with Crippen molar-refractivity contribution in [3.63, 3.8) is 0 Å². The highest BCUT2D eigenvalue weighted by Crippen LogP contribution is 2.16. The molecule has 2 aromatic rings. The normalized spacial score (nSPS) is 17.8. The highest BCUT2D eigenvalue weighted by Gasteiger charge is 2.25. The monoisotopic (exact) mass is 329 g/mol. The number of H-pyrrole nitrogens is 1. The Morgan fingerprint density at radius 3 is 3.04 bits per heavy atom. The Hall–Kier alpha value is -2.41. The summed E-state index contributed by atoms with van der Waals surface area (Å²) < 4.78 is 5.83. The van der Waals surface area contributed by atoms with Gasteiger partial charge in [-0.15, -0.1) is 0 Å². The predicted octanol–water partition coefficient (Wildman–Crippen LogP) is 1.34. The molecule has 1 aliphatic heterocycles. The van der Waals surface area contributed by atoms with E-state index in [4.69, 9.17) is 4.74 Å². The third-order valence-electron chi connectivity index (χ3n) is 4.18. The van der Waals surface area contributed by atoms with Crippen LogP contribution >= 0.6 is 0 Å². The van der Waals surface area contributed by atoms with Crippen LogP contribution in [0.5, 0.6) is 0 Å². The zero-order valence-electron chi connectivity index (χ0n) is 14.1. The van der Waals surface area contributed by atoms with E-state index in [-0.39, 0.29) is 12.0 Å². The van der Waals surface area contributed by atoms with Gasteiger partial charge in [-0.25, -0.2) is 4.98 Å². The lowest BCUT2D eigenvalue weighted by Gasteiger charge is -2.32. The van der Waals surface area contributed by atoms with Crippen LogP contribution in [0.3, 0.4) is 0 Å². The third kappa shape index (κ3) is 3.91. The van der Waals surface area contributed by atoms with Crippen LogP contribution < -0.4 is 4.90 Å². The quantitative estimate of drug-likeness (QED) is 0.896. The molecule has 1 aliphatic rings. The van der Waals surface area contributed by atoms with Gasteiger partial charge in [0.25, 0.3) is 5.91 Å². The number of pyridine rings is 1. The third-order valence-corrected chi connectivity index (χ3v) is 4.18. The number of hydrogen-bond donors (Lipinski definition) is 1. The molecule has 2 aromatic heterocycles. The number of nitrogens with zero attached hydrogens (tertiary/aromatic N) is 4. The van der Waals surface area contributed by atoms with E-state index in [1.54, 1.807) is 12.3 Å². The largest absolute Gasteiger partial charge is 0.375 e. The van der Waals surface area contributed by atoms with Gasteiger partial charge in [-0.3, -0.25) is 9.89 Å². The van der Waals surface area contributed by atoms with Crippen molar-refractivity contribution in [1.82, 2.24) is 20.1 Å². The van der Waals surface area contributed by atoms with Gasteiger partial charge in [-0.2, -0.15) is 5.10 Å². The smallest absolute Gasteiger partial charge is 0.272 e. The number of carbonyl (C=O) groups excluding carboxylic acids is 1. The first kappa shape index (κ1) is 16.4. The Morgan fingerprint density at radius 2 is 2.29 bits per heavy atom. The van der Waals surface area contributed by atoms with Crippen LogP contribution in [0.25, 0.3) is 0 Å². The molecule has 0 unspecified atom stereocenters. The summed E-state index contributed by atoms with van der Waals surface area (Å²) in [4.78, 5) is 20.5. The SMILES string of the molecule is CN(C)c1cc(CC[C@@H]2CN(C(=O)c3ccn[nH]3)CCO2)ccn1. The summed E-state index contributed by atoms with van der Waals surface area (Å²) in [6.07, 6.45) is 5.27. The Morgan fingerprint density at radius 1 is 1.42 bits per heavy atom. The summed E-state index contributed by atoms with van der Waals surface area (Å²) >= 11 is 0. The van der Waals surface area contributed by atoms with Gasteiger partial charge >= 0.3 is 0 Å². The minimum atomic E-state index is -0.0143. The molecular formula is C17H23N5O2. The molecule has 0 bridgehead atoms. The Balaban J connectivity index is 1.56. The summed E-state index contributed by atoms with van der Waals surface area (Å²) in [7, 11) is 3.96. The maximum atomic E-state index is 12.4. The lowest BCUT2D eigenvalue weighted by Crippen LogP contribution is -2.45. The van der Waals surface area contributed by atoms with Gasteiger partial charge in [0.05, 0.1) is 12.7 Å². The molecule has 0 aromatic carbocycles. The molecule has 0 aliphatic carbocycles. The summed E-state index contributed by atoms with van der Waals surface area (Å²) in [5.74, 6) is 0.938. The second-order valence-corrected chi connectivity index (χ2v) is 6.17. The van der Waals surface area contributed by atoms with Crippen LogP contribution in [0.2, 0.25) is 0 Å². The average Bonchev–Trinajstić information content (AvgIpc) is 3.14. The molecule has 24 heavy (non-hydrogen) atoms. The van der Waals surface area contributed by atoms with Gasteiger partial charge in [0.2, 0.25) is 0 Å². The number of ether oxygens (including phenoxy) is 1. The number of anilines is 1. The minimum Gasteiger partial charge on any atom is -0.375 e. The number of amides is 1. The van der Waals surface area contributed by atoms with Crippen molar-refractivity contribution in [2.45, 2.75) is 18.9 Å². The van der Waals surface area contributed by atoms with Crippen LogP contribution in [0.4, 0.5) is 5.82 Å². The number of morpholine rings is 1. The fourth-order valence-corrected chi connectivity index (χ4v) is 2.81. The predicted molar refractivity (Wildman–Crippen MR) is 91.1 cm³/mol. The maximum Gasteiger partial charge on any atom is 0.272 e. The molecule has 1 amide bonds. The van der Waals surface area contributed by atoms with Crippen molar-refractivity contribution in [3.8, 4) is 0 Å². The van der Waals surface area contributed by atoms with Crippen molar-refractivity contribution in [1.29, 1.82) is 0 Å². The van der Waals surface area contributed by atoms with Gasteiger partial charge in [-0.1, -0.05) is 0 Å². The lowest BCUT2D eigenvalue weighted by atomic mass is 10.1. The zero-order valence-corrected chi connectivity index (χ0v) is 14.1. The second-order valence-electron chi connectivity index (χ2n) is 6.17. The van der Waals surface area contributed by atoms with Crippen molar-refractivity contribution in [3.05, 3.63) is 41.9 Å². The summed E-state index contributed by atoms with van der Waals surface area (Å²) in [5.41, 5.74) is 1.76. The van der Waals surface area contributed by atoms with Crippen LogP contribution in [0.15, 0.2) is 30.6 Å². The number of carbonyl (C=O) groups is 1. The molecule has 3 heterocycles. The van der Waals surface area contributed by atoms with E-state index in [0.717, 1.165) is 18.7 Å². The first-order chi connectivity index (χ1) is 11.6. The summed E-state index contributed by atoms with van der Waals surface area (Å²) in [6, 6.07) is 5.83. The second kappa shape index (κ2) is 7.44. The highest BCUT2D eigenvalue weighted by molar-refractivity contribution is 5.92. The number of rotatable bonds is 5. The molecule has 1 fully saturated rings. The summed E-state index contributed by atoms with van der Waals surface area (Å²) in [6.45, 7) is 1.81. The molecule has 7 heteroatoms. The topological polar surface area (TPSA) is 74.3 Å². The van der Waals surface area contributed by atoms with Crippen LogP contribution in [-0.4, -0.2) is 65.9 Å². The molecule has 0 saturated carbocycles. The first-order valence-electron chi connectivity index (χ1n) is 8.16. The van der Waals surface area contributed by atoms with E-state index in [0.29, 0.717) is 25.4 Å². The van der Waals surface area contributed by atoms with Gasteiger partial charge in [0.1, 0.15) is 11.5 Å². The standard InChI is InChI=1S/C17H23N5O2/c1-21(2)16-11-13(5-7-18-16)3-4-14-12-22(9-10-24-14)17(23)15-6-8-19-20-15/h5-8,11,14H,3-4,9-10,12H2,1-2H3,(H,19,20)/t14-/m1/s1. The fourth-order valence-electron chi connectivity index (χ4n) is 2.81. The van der Waals surface area contributed by atoms with Gasteiger partial charge in [0, 0.05) is 39.6 Å². The van der Waals surface area contributed by atoms with Crippen molar-refractivity contribution < 1.29 is 9.53 Å². The number of hydrogen-bond acceptors (Lipinski definition) is 5. The van der Waals surface area contributed by atoms with Crippen LogP contribution in [0, 0.1) is 0 Å². The zero-order chi connectivity index (χ0) is 16.9. The lowest BCUT2D eigenvalue weighted by molar-refractivity contribution is -0.0247. The van der Waals surface area contributed by atoms with Gasteiger partial charge in [-0.05, 0) is 36.6 Å². The van der Waals surface area contributed by atoms with E-state index in [2.05, 4.69) is 21.2 Å². The molecule has 3 rings (SSSR count). The van der Waals surface area contributed by atoms with Gasteiger partial charge in [0.15, 0.2) is 0 Å². The summed E-state index contributed by atoms with van der Waals surface area (Å²) in [5, 5.41) is 6.57. The Kier molecular flexibility index (Phi) is 5.10. The molecule has 1 N–H and O–H groups in total. The Labute approximate surface area is 141 Å². The van der Waals surface area contributed by atoms with E-state index in [1.165, 1.54) is 5.56 Å². The van der Waals surface area contributed by atoms with Crippen LogP contribution in [0.1, 0.15) is 22.5 Å². The van der Waals surface area contributed by atoms with Crippen molar-refractivity contribution >= 4 is 11.7 Å². The number of nitrogens with one attached hydrogen (secondary N) is 1.